The molecule has 1 unspecified atom stereocenters. The van der Waals surface area contributed by atoms with Crippen LogP contribution in [0.1, 0.15) is 29.3 Å². The van der Waals surface area contributed by atoms with Crippen molar-refractivity contribution >= 4 is 12.0 Å². The molecule has 1 heterocycles. The zero-order chi connectivity index (χ0) is 15.2. The Morgan fingerprint density at radius 3 is 3.05 bits per heavy atom. The second-order valence-electron chi connectivity index (χ2n) is 5.15. The number of carboxylic acid groups (broad SMARTS) is 1. The van der Waals surface area contributed by atoms with Gasteiger partial charge in [0, 0.05) is 26.2 Å². The predicted molar refractivity (Wildman–Crippen MR) is 77.2 cm³/mol. The van der Waals surface area contributed by atoms with Crippen LogP contribution in [0.4, 0.5) is 4.79 Å². The van der Waals surface area contributed by atoms with E-state index in [9.17, 15) is 9.59 Å². The Morgan fingerprint density at radius 2 is 2.29 bits per heavy atom. The third-order valence-electron chi connectivity index (χ3n) is 3.36. The Balaban J connectivity index is 1.91. The van der Waals surface area contributed by atoms with Crippen LogP contribution in [0.5, 0.6) is 0 Å². The number of hydrogen-bond acceptors (Lipinski definition) is 3. The molecule has 0 saturated carbocycles. The summed E-state index contributed by atoms with van der Waals surface area (Å²) in [5, 5.41) is 11.8. The fraction of sp³-hybridized carbons (Fsp3) is 0.467. The summed E-state index contributed by atoms with van der Waals surface area (Å²) in [6.07, 6.45) is 0.861. The monoisotopic (exact) mass is 292 g/mol. The summed E-state index contributed by atoms with van der Waals surface area (Å²) >= 11 is 0. The normalized spacial score (nSPS) is 18.9. The number of nitrogens with one attached hydrogen (secondary N) is 1. The second kappa shape index (κ2) is 7.08. The minimum atomic E-state index is -0.971. The lowest BCUT2D eigenvalue weighted by atomic mass is 10.1. The Kier molecular flexibility index (Phi) is 5.16. The number of carbonyl (C=O) groups is 2. The van der Waals surface area contributed by atoms with Crippen molar-refractivity contribution in [3.8, 4) is 0 Å². The third kappa shape index (κ3) is 4.46. The van der Waals surface area contributed by atoms with Crippen LogP contribution in [0.25, 0.3) is 0 Å². The van der Waals surface area contributed by atoms with Crippen molar-refractivity contribution in [3.05, 3.63) is 35.4 Å². The van der Waals surface area contributed by atoms with Crippen LogP contribution in [-0.4, -0.2) is 47.8 Å². The number of hydrogen-bond donors (Lipinski definition) is 2. The highest BCUT2D eigenvalue weighted by Crippen LogP contribution is 2.07. The van der Waals surface area contributed by atoms with Crippen molar-refractivity contribution in [1.82, 2.24) is 10.2 Å². The highest BCUT2D eigenvalue weighted by Gasteiger charge is 2.19. The predicted octanol–water partition coefficient (Wildman–Crippen LogP) is 1.71. The zero-order valence-electron chi connectivity index (χ0n) is 12.0. The molecule has 1 aliphatic rings. The molecule has 2 rings (SSSR count). The van der Waals surface area contributed by atoms with Gasteiger partial charge in [-0.3, -0.25) is 0 Å². The number of urea groups is 1. The molecule has 1 atom stereocenters. The molecule has 21 heavy (non-hydrogen) atoms. The van der Waals surface area contributed by atoms with Gasteiger partial charge < -0.3 is 20.1 Å². The van der Waals surface area contributed by atoms with Gasteiger partial charge in [0.2, 0.25) is 0 Å². The van der Waals surface area contributed by atoms with Crippen LogP contribution in [0.3, 0.4) is 0 Å². The standard InChI is InChI=1S/C15H20N2O4/c1-11-10-17(6-3-7-21-11)15(20)16-9-12-4-2-5-13(8-12)14(18)19/h2,4-5,8,11H,3,6-7,9-10H2,1H3,(H,16,20)(H,18,19). The van der Waals surface area contributed by atoms with Crippen molar-refractivity contribution in [2.45, 2.75) is 26.0 Å². The van der Waals surface area contributed by atoms with Crippen molar-refractivity contribution in [2.24, 2.45) is 0 Å². The maximum Gasteiger partial charge on any atom is 0.335 e. The van der Waals surface area contributed by atoms with E-state index in [1.54, 1.807) is 23.1 Å². The van der Waals surface area contributed by atoms with Gasteiger partial charge in [0.05, 0.1) is 11.7 Å². The van der Waals surface area contributed by atoms with E-state index in [0.717, 1.165) is 12.0 Å². The first-order chi connectivity index (χ1) is 10.1. The van der Waals surface area contributed by atoms with E-state index >= 15 is 0 Å². The lowest BCUT2D eigenvalue weighted by Crippen LogP contribution is -2.42. The summed E-state index contributed by atoms with van der Waals surface area (Å²) in [5.74, 6) is -0.971. The molecule has 1 saturated heterocycles. The fourth-order valence-electron chi connectivity index (χ4n) is 2.28. The largest absolute Gasteiger partial charge is 0.478 e. The number of rotatable bonds is 3. The maximum atomic E-state index is 12.1. The summed E-state index contributed by atoms with van der Waals surface area (Å²) < 4.78 is 5.50. The van der Waals surface area contributed by atoms with Gasteiger partial charge in [-0.1, -0.05) is 12.1 Å². The molecular weight excluding hydrogens is 272 g/mol. The molecule has 1 aromatic carbocycles. The van der Waals surface area contributed by atoms with Crippen molar-refractivity contribution in [2.75, 3.05) is 19.7 Å². The quantitative estimate of drug-likeness (QED) is 0.889. The van der Waals surface area contributed by atoms with E-state index in [-0.39, 0.29) is 17.7 Å². The highest BCUT2D eigenvalue weighted by atomic mass is 16.5. The van der Waals surface area contributed by atoms with Gasteiger partial charge >= 0.3 is 12.0 Å². The van der Waals surface area contributed by atoms with Gasteiger partial charge in [0.25, 0.3) is 0 Å². The minimum Gasteiger partial charge on any atom is -0.478 e. The number of carbonyl (C=O) groups excluding carboxylic acids is 1. The molecule has 0 aliphatic carbocycles. The van der Waals surface area contributed by atoms with Gasteiger partial charge in [-0.05, 0) is 31.0 Å². The third-order valence-corrected chi connectivity index (χ3v) is 3.36. The van der Waals surface area contributed by atoms with Crippen LogP contribution in [0.2, 0.25) is 0 Å². The van der Waals surface area contributed by atoms with Gasteiger partial charge in [0.1, 0.15) is 0 Å². The topological polar surface area (TPSA) is 78.9 Å². The number of ether oxygens (including phenoxy) is 1. The van der Waals surface area contributed by atoms with Crippen LogP contribution in [-0.2, 0) is 11.3 Å². The van der Waals surface area contributed by atoms with E-state index in [2.05, 4.69) is 5.32 Å². The summed E-state index contributed by atoms with van der Waals surface area (Å²) in [7, 11) is 0. The molecule has 0 spiro atoms. The lowest BCUT2D eigenvalue weighted by Gasteiger charge is -2.22. The molecule has 1 fully saturated rings. The highest BCUT2D eigenvalue weighted by molar-refractivity contribution is 5.87. The molecule has 1 aromatic rings. The Bertz CT molecular complexity index is 518. The number of benzene rings is 1. The van der Waals surface area contributed by atoms with Gasteiger partial charge in [-0.15, -0.1) is 0 Å². The van der Waals surface area contributed by atoms with E-state index in [4.69, 9.17) is 9.84 Å². The molecule has 0 radical (unpaired) electrons. The summed E-state index contributed by atoms with van der Waals surface area (Å²) in [6, 6.07) is 6.42. The van der Waals surface area contributed by atoms with E-state index in [0.29, 0.717) is 26.2 Å². The van der Waals surface area contributed by atoms with Crippen molar-refractivity contribution in [1.29, 1.82) is 0 Å². The van der Waals surface area contributed by atoms with Crippen LogP contribution < -0.4 is 5.32 Å². The molecular formula is C15H20N2O4. The van der Waals surface area contributed by atoms with Gasteiger partial charge in [0.15, 0.2) is 0 Å². The van der Waals surface area contributed by atoms with E-state index < -0.39 is 5.97 Å². The molecule has 0 aromatic heterocycles. The van der Waals surface area contributed by atoms with Gasteiger partial charge in [-0.25, -0.2) is 9.59 Å². The first kappa shape index (κ1) is 15.3. The molecule has 1 aliphatic heterocycles. The Labute approximate surface area is 123 Å². The first-order valence-electron chi connectivity index (χ1n) is 7.03. The van der Waals surface area contributed by atoms with Gasteiger partial charge in [-0.2, -0.15) is 0 Å². The van der Waals surface area contributed by atoms with Crippen LogP contribution in [0, 0.1) is 0 Å². The van der Waals surface area contributed by atoms with E-state index in [1.165, 1.54) is 6.07 Å². The summed E-state index contributed by atoms with van der Waals surface area (Å²) in [4.78, 5) is 24.8. The average Bonchev–Trinajstić information content (AvgIpc) is 2.69. The number of aromatic carboxylic acids is 1. The zero-order valence-corrected chi connectivity index (χ0v) is 12.0. The van der Waals surface area contributed by atoms with E-state index in [1.807, 2.05) is 6.92 Å². The maximum absolute atomic E-state index is 12.1. The smallest absolute Gasteiger partial charge is 0.335 e. The molecule has 2 N–H and O–H groups in total. The molecule has 0 bridgehead atoms. The summed E-state index contributed by atoms with van der Waals surface area (Å²) in [5.41, 5.74) is 0.987. The number of amides is 2. The summed E-state index contributed by atoms with van der Waals surface area (Å²) in [6.45, 7) is 4.17. The Hall–Kier alpha value is -2.08. The molecule has 6 heteroatoms. The van der Waals surface area contributed by atoms with Crippen molar-refractivity contribution < 1.29 is 19.4 Å². The van der Waals surface area contributed by atoms with Crippen LogP contribution in [0.15, 0.2) is 24.3 Å². The SMILES string of the molecule is CC1CN(C(=O)NCc2cccc(C(=O)O)c2)CCCO1. The Morgan fingerprint density at radius 1 is 1.48 bits per heavy atom. The van der Waals surface area contributed by atoms with Crippen LogP contribution >= 0.6 is 0 Å². The second-order valence-corrected chi connectivity index (χ2v) is 5.15. The molecule has 2 amide bonds. The fourth-order valence-corrected chi connectivity index (χ4v) is 2.28. The molecule has 114 valence electrons. The van der Waals surface area contributed by atoms with Crippen molar-refractivity contribution in [3.63, 3.8) is 0 Å². The average molecular weight is 292 g/mol. The number of nitrogens with zero attached hydrogens (tertiary/aromatic N) is 1. The number of carboxylic acids is 1. The minimum absolute atomic E-state index is 0.0357. The first-order valence-corrected chi connectivity index (χ1v) is 7.03. The lowest BCUT2D eigenvalue weighted by molar-refractivity contribution is 0.0696. The molecule has 6 nitrogen and oxygen atoms in total.